The standard InChI is InChI=1S/C14H12F4N2/c15-11-4-1-9(2-5-11)12(7-19)10-3-6-13(20-8-10)14(16,17)18/h1-6,8,12H,7,19H2/t12-/m1/s1. The summed E-state index contributed by atoms with van der Waals surface area (Å²) in [6.07, 6.45) is -3.31. The third-order valence-corrected chi connectivity index (χ3v) is 2.99. The highest BCUT2D eigenvalue weighted by molar-refractivity contribution is 5.32. The van der Waals surface area contributed by atoms with Crippen molar-refractivity contribution in [3.8, 4) is 0 Å². The van der Waals surface area contributed by atoms with Gasteiger partial charge < -0.3 is 5.73 Å². The van der Waals surface area contributed by atoms with Gasteiger partial charge in [-0.2, -0.15) is 13.2 Å². The Balaban J connectivity index is 2.30. The highest BCUT2D eigenvalue weighted by atomic mass is 19.4. The molecule has 0 radical (unpaired) electrons. The summed E-state index contributed by atoms with van der Waals surface area (Å²) in [6, 6.07) is 7.96. The van der Waals surface area contributed by atoms with Crippen LogP contribution < -0.4 is 5.73 Å². The molecule has 2 nitrogen and oxygen atoms in total. The van der Waals surface area contributed by atoms with Gasteiger partial charge in [0.05, 0.1) is 0 Å². The minimum absolute atomic E-state index is 0.193. The maximum atomic E-state index is 12.9. The Hall–Kier alpha value is -1.95. The fraction of sp³-hybridized carbons (Fsp3) is 0.214. The van der Waals surface area contributed by atoms with E-state index in [1.165, 1.54) is 18.2 Å². The Morgan fingerprint density at radius 2 is 1.60 bits per heavy atom. The molecule has 0 unspecified atom stereocenters. The van der Waals surface area contributed by atoms with Crippen LogP contribution in [0.3, 0.4) is 0 Å². The molecule has 2 rings (SSSR count). The fourth-order valence-corrected chi connectivity index (χ4v) is 1.94. The predicted octanol–water partition coefficient (Wildman–Crippen LogP) is 3.33. The summed E-state index contributed by atoms with van der Waals surface area (Å²) in [7, 11) is 0. The zero-order valence-corrected chi connectivity index (χ0v) is 10.4. The smallest absolute Gasteiger partial charge is 0.330 e. The number of halogens is 4. The minimum Gasteiger partial charge on any atom is -0.330 e. The third-order valence-electron chi connectivity index (χ3n) is 2.99. The Morgan fingerprint density at radius 3 is 2.05 bits per heavy atom. The maximum absolute atomic E-state index is 12.9. The van der Waals surface area contributed by atoms with Crippen LogP contribution in [0.5, 0.6) is 0 Å². The van der Waals surface area contributed by atoms with Crippen LogP contribution in [0.4, 0.5) is 17.6 Å². The van der Waals surface area contributed by atoms with Gasteiger partial charge in [0.15, 0.2) is 0 Å². The van der Waals surface area contributed by atoms with Gasteiger partial charge in [-0.15, -0.1) is 0 Å². The molecule has 0 aliphatic heterocycles. The lowest BCUT2D eigenvalue weighted by Crippen LogP contribution is -2.15. The van der Waals surface area contributed by atoms with Crippen molar-refractivity contribution in [2.75, 3.05) is 6.54 Å². The second kappa shape index (κ2) is 5.58. The topological polar surface area (TPSA) is 38.9 Å². The van der Waals surface area contributed by atoms with E-state index in [1.54, 1.807) is 12.1 Å². The van der Waals surface area contributed by atoms with E-state index in [2.05, 4.69) is 4.98 Å². The molecule has 106 valence electrons. The molecule has 6 heteroatoms. The summed E-state index contributed by atoms with van der Waals surface area (Å²) in [6.45, 7) is 0.193. The molecule has 0 amide bonds. The molecule has 0 aliphatic rings. The van der Waals surface area contributed by atoms with E-state index in [4.69, 9.17) is 5.73 Å². The molecular formula is C14H12F4N2. The lowest BCUT2D eigenvalue weighted by Gasteiger charge is -2.16. The van der Waals surface area contributed by atoms with Crippen LogP contribution in [-0.4, -0.2) is 11.5 Å². The van der Waals surface area contributed by atoms with Gasteiger partial charge in [-0.3, -0.25) is 4.98 Å². The predicted molar refractivity (Wildman–Crippen MR) is 66.5 cm³/mol. The van der Waals surface area contributed by atoms with E-state index in [-0.39, 0.29) is 18.3 Å². The molecule has 2 aromatic rings. The Bertz CT molecular complexity index is 561. The SMILES string of the molecule is NC[C@H](c1ccc(F)cc1)c1ccc(C(F)(F)F)nc1. The van der Waals surface area contributed by atoms with Crippen molar-refractivity contribution in [1.82, 2.24) is 4.98 Å². The Kier molecular flexibility index (Phi) is 4.04. The van der Waals surface area contributed by atoms with Gasteiger partial charge in [0, 0.05) is 18.7 Å². The van der Waals surface area contributed by atoms with E-state index in [1.807, 2.05) is 0 Å². The number of benzene rings is 1. The number of aromatic nitrogens is 1. The fourth-order valence-electron chi connectivity index (χ4n) is 1.94. The average Bonchev–Trinajstić information content (AvgIpc) is 2.41. The van der Waals surface area contributed by atoms with Crippen LogP contribution in [0, 0.1) is 5.82 Å². The first-order valence-electron chi connectivity index (χ1n) is 5.90. The van der Waals surface area contributed by atoms with Gasteiger partial charge in [-0.25, -0.2) is 4.39 Å². The Labute approximate surface area is 113 Å². The van der Waals surface area contributed by atoms with Gasteiger partial charge in [0.1, 0.15) is 11.5 Å². The molecule has 0 saturated heterocycles. The van der Waals surface area contributed by atoms with E-state index >= 15 is 0 Å². The van der Waals surface area contributed by atoms with E-state index < -0.39 is 11.9 Å². The van der Waals surface area contributed by atoms with Gasteiger partial charge >= 0.3 is 6.18 Å². The molecule has 1 atom stereocenters. The van der Waals surface area contributed by atoms with Crippen molar-refractivity contribution in [3.05, 3.63) is 65.2 Å². The number of nitrogens with zero attached hydrogens (tertiary/aromatic N) is 1. The normalized spacial score (nSPS) is 13.2. The molecule has 1 heterocycles. The summed E-state index contributed by atoms with van der Waals surface area (Å²) in [4.78, 5) is 3.41. The number of pyridine rings is 1. The van der Waals surface area contributed by atoms with Gasteiger partial charge in [0.2, 0.25) is 0 Å². The van der Waals surface area contributed by atoms with Crippen LogP contribution in [0.25, 0.3) is 0 Å². The van der Waals surface area contributed by atoms with Gasteiger partial charge in [0.25, 0.3) is 0 Å². The largest absolute Gasteiger partial charge is 0.433 e. The number of rotatable bonds is 3. The molecule has 20 heavy (non-hydrogen) atoms. The van der Waals surface area contributed by atoms with E-state index in [0.717, 1.165) is 17.8 Å². The monoisotopic (exact) mass is 284 g/mol. The van der Waals surface area contributed by atoms with Crippen molar-refractivity contribution in [1.29, 1.82) is 0 Å². The minimum atomic E-state index is -4.47. The molecule has 0 aliphatic carbocycles. The molecule has 1 aromatic heterocycles. The summed E-state index contributed by atoms with van der Waals surface area (Å²) in [5.74, 6) is -0.694. The first-order chi connectivity index (χ1) is 9.41. The lowest BCUT2D eigenvalue weighted by molar-refractivity contribution is -0.141. The van der Waals surface area contributed by atoms with Gasteiger partial charge in [-0.05, 0) is 29.3 Å². The second-order valence-corrected chi connectivity index (χ2v) is 4.31. The van der Waals surface area contributed by atoms with Crippen molar-refractivity contribution >= 4 is 0 Å². The molecular weight excluding hydrogens is 272 g/mol. The highest BCUT2D eigenvalue weighted by Crippen LogP contribution is 2.29. The molecule has 0 saturated carbocycles. The van der Waals surface area contributed by atoms with Crippen molar-refractivity contribution in [3.63, 3.8) is 0 Å². The number of nitrogens with two attached hydrogens (primary N) is 1. The molecule has 1 aromatic carbocycles. The van der Waals surface area contributed by atoms with Crippen LogP contribution in [0.2, 0.25) is 0 Å². The zero-order chi connectivity index (χ0) is 14.8. The van der Waals surface area contributed by atoms with Crippen LogP contribution in [0.15, 0.2) is 42.6 Å². The number of hydrogen-bond acceptors (Lipinski definition) is 2. The van der Waals surface area contributed by atoms with Crippen LogP contribution in [0.1, 0.15) is 22.7 Å². The first kappa shape index (κ1) is 14.5. The number of alkyl halides is 3. The highest BCUT2D eigenvalue weighted by Gasteiger charge is 2.32. The molecule has 0 bridgehead atoms. The van der Waals surface area contributed by atoms with Crippen LogP contribution in [-0.2, 0) is 6.18 Å². The molecule has 0 fully saturated rings. The zero-order valence-electron chi connectivity index (χ0n) is 10.4. The summed E-state index contributed by atoms with van der Waals surface area (Å²) >= 11 is 0. The Morgan fingerprint density at radius 1 is 1.00 bits per heavy atom. The van der Waals surface area contributed by atoms with Crippen molar-refractivity contribution in [2.45, 2.75) is 12.1 Å². The quantitative estimate of drug-likeness (QED) is 0.878. The summed E-state index contributed by atoms with van der Waals surface area (Å²) in [5.41, 5.74) is 6.00. The van der Waals surface area contributed by atoms with E-state index in [0.29, 0.717) is 5.56 Å². The average molecular weight is 284 g/mol. The summed E-state index contributed by atoms with van der Waals surface area (Å²) < 4.78 is 50.2. The second-order valence-electron chi connectivity index (χ2n) is 4.31. The van der Waals surface area contributed by atoms with Crippen molar-refractivity contribution < 1.29 is 17.6 Å². The molecule has 0 spiro atoms. The first-order valence-corrected chi connectivity index (χ1v) is 5.90. The summed E-state index contributed by atoms with van der Waals surface area (Å²) in [5, 5.41) is 0. The van der Waals surface area contributed by atoms with Crippen molar-refractivity contribution in [2.24, 2.45) is 5.73 Å². The maximum Gasteiger partial charge on any atom is 0.433 e. The lowest BCUT2D eigenvalue weighted by atomic mass is 9.92. The van der Waals surface area contributed by atoms with Crippen LogP contribution >= 0.6 is 0 Å². The van der Waals surface area contributed by atoms with E-state index in [9.17, 15) is 17.6 Å². The number of hydrogen-bond donors (Lipinski definition) is 1. The van der Waals surface area contributed by atoms with Gasteiger partial charge in [-0.1, -0.05) is 18.2 Å². The third kappa shape index (κ3) is 3.14. The molecule has 2 N–H and O–H groups in total.